The first-order valence-corrected chi connectivity index (χ1v) is 6.56. The topological polar surface area (TPSA) is 61.4 Å². The van der Waals surface area contributed by atoms with Crippen molar-refractivity contribution in [3.63, 3.8) is 0 Å². The van der Waals surface area contributed by atoms with E-state index >= 15 is 0 Å². The molecule has 1 atom stereocenters. The van der Waals surface area contributed by atoms with Crippen LogP contribution >= 0.6 is 11.6 Å². The Morgan fingerprint density at radius 2 is 1.75 bits per heavy atom. The number of anilines is 1. The van der Waals surface area contributed by atoms with Crippen LogP contribution in [-0.4, -0.2) is 17.7 Å². The van der Waals surface area contributed by atoms with Crippen molar-refractivity contribution in [1.82, 2.24) is 5.32 Å². The van der Waals surface area contributed by atoms with Gasteiger partial charge in [-0.05, 0) is 29.8 Å². The van der Waals surface area contributed by atoms with E-state index in [4.69, 9.17) is 11.6 Å². The van der Waals surface area contributed by atoms with Crippen LogP contribution in [0.2, 0.25) is 5.02 Å². The van der Waals surface area contributed by atoms with Crippen LogP contribution in [0.1, 0.15) is 11.7 Å². The minimum Gasteiger partial charge on any atom is -0.387 e. The number of benzene rings is 2. The van der Waals surface area contributed by atoms with Crippen molar-refractivity contribution in [1.29, 1.82) is 0 Å². The summed E-state index contributed by atoms with van der Waals surface area (Å²) in [6.45, 7) is 0.142. The molecule has 0 saturated heterocycles. The molecule has 20 heavy (non-hydrogen) atoms. The largest absolute Gasteiger partial charge is 0.387 e. The number of urea groups is 1. The average Bonchev–Trinajstić information content (AvgIpc) is 2.48. The molecule has 104 valence electrons. The molecule has 0 aliphatic carbocycles. The summed E-state index contributed by atoms with van der Waals surface area (Å²) in [6, 6.07) is 15.6. The number of hydrogen-bond acceptors (Lipinski definition) is 2. The Labute approximate surface area is 122 Å². The summed E-state index contributed by atoms with van der Waals surface area (Å²) in [6.07, 6.45) is -0.729. The van der Waals surface area contributed by atoms with Crippen molar-refractivity contribution >= 4 is 23.3 Å². The van der Waals surface area contributed by atoms with E-state index in [1.807, 2.05) is 30.3 Å². The van der Waals surface area contributed by atoms with E-state index < -0.39 is 6.10 Å². The highest BCUT2D eigenvalue weighted by molar-refractivity contribution is 6.30. The predicted octanol–water partition coefficient (Wildman–Crippen LogP) is 3.20. The molecule has 0 spiro atoms. The number of carbonyl (C=O) groups is 1. The van der Waals surface area contributed by atoms with E-state index in [0.717, 1.165) is 5.56 Å². The van der Waals surface area contributed by atoms with Crippen molar-refractivity contribution in [3.8, 4) is 0 Å². The molecule has 0 fully saturated rings. The number of rotatable bonds is 4. The summed E-state index contributed by atoms with van der Waals surface area (Å²) in [5, 5.41) is 15.8. The average molecular weight is 291 g/mol. The zero-order valence-corrected chi connectivity index (χ0v) is 11.5. The molecular formula is C15H15ClN2O2. The Balaban J connectivity index is 1.82. The van der Waals surface area contributed by atoms with Gasteiger partial charge in [0.05, 0.1) is 6.10 Å². The molecule has 0 aliphatic rings. The van der Waals surface area contributed by atoms with E-state index in [2.05, 4.69) is 10.6 Å². The Morgan fingerprint density at radius 3 is 2.40 bits per heavy atom. The van der Waals surface area contributed by atoms with E-state index in [-0.39, 0.29) is 12.6 Å². The van der Waals surface area contributed by atoms with Gasteiger partial charge in [0.25, 0.3) is 0 Å². The van der Waals surface area contributed by atoms with Crippen LogP contribution < -0.4 is 10.6 Å². The molecule has 2 aromatic rings. The summed E-state index contributed by atoms with van der Waals surface area (Å²) < 4.78 is 0. The van der Waals surface area contributed by atoms with Gasteiger partial charge < -0.3 is 15.7 Å². The number of carbonyl (C=O) groups excluding carboxylic acids is 1. The van der Waals surface area contributed by atoms with Crippen LogP contribution in [0, 0.1) is 0 Å². The first-order chi connectivity index (χ1) is 9.65. The van der Waals surface area contributed by atoms with Gasteiger partial charge in [0, 0.05) is 17.3 Å². The monoisotopic (exact) mass is 290 g/mol. The standard InChI is InChI=1S/C15H15ClN2O2/c16-12-6-8-13(9-7-12)18-15(20)17-10-14(19)11-4-2-1-3-5-11/h1-9,14,19H,10H2,(H2,17,18,20). The van der Waals surface area contributed by atoms with Gasteiger partial charge in [-0.15, -0.1) is 0 Å². The van der Waals surface area contributed by atoms with E-state index in [9.17, 15) is 9.90 Å². The second-order valence-corrected chi connectivity index (χ2v) is 4.70. The molecule has 2 amide bonds. The highest BCUT2D eigenvalue weighted by Crippen LogP contribution is 2.13. The third-order valence-corrected chi connectivity index (χ3v) is 2.99. The van der Waals surface area contributed by atoms with Gasteiger partial charge in [0.15, 0.2) is 0 Å². The maximum Gasteiger partial charge on any atom is 0.319 e. The second-order valence-electron chi connectivity index (χ2n) is 4.27. The lowest BCUT2D eigenvalue weighted by Gasteiger charge is -2.13. The minimum absolute atomic E-state index is 0.142. The fraction of sp³-hybridized carbons (Fsp3) is 0.133. The molecule has 0 aliphatic heterocycles. The first kappa shape index (κ1) is 14.4. The van der Waals surface area contributed by atoms with Crippen LogP contribution in [0.5, 0.6) is 0 Å². The second kappa shape index (κ2) is 6.93. The number of halogens is 1. The number of hydrogen-bond donors (Lipinski definition) is 3. The molecule has 4 nitrogen and oxygen atoms in total. The van der Waals surface area contributed by atoms with Gasteiger partial charge in [-0.3, -0.25) is 0 Å². The van der Waals surface area contributed by atoms with Gasteiger partial charge in [0.2, 0.25) is 0 Å². The summed E-state index contributed by atoms with van der Waals surface area (Å²) in [5.41, 5.74) is 1.40. The van der Waals surface area contributed by atoms with Crippen LogP contribution in [0.3, 0.4) is 0 Å². The normalized spacial score (nSPS) is 11.7. The van der Waals surface area contributed by atoms with E-state index in [1.165, 1.54) is 0 Å². The van der Waals surface area contributed by atoms with Gasteiger partial charge >= 0.3 is 6.03 Å². The maximum absolute atomic E-state index is 11.7. The third-order valence-electron chi connectivity index (χ3n) is 2.74. The van der Waals surface area contributed by atoms with E-state index in [0.29, 0.717) is 10.7 Å². The fourth-order valence-corrected chi connectivity index (χ4v) is 1.82. The predicted molar refractivity (Wildman–Crippen MR) is 79.9 cm³/mol. The third kappa shape index (κ3) is 4.26. The lowest BCUT2D eigenvalue weighted by Crippen LogP contribution is -2.32. The number of aliphatic hydroxyl groups is 1. The smallest absolute Gasteiger partial charge is 0.319 e. The Morgan fingerprint density at radius 1 is 1.10 bits per heavy atom. The number of nitrogens with one attached hydrogen (secondary N) is 2. The number of aliphatic hydroxyl groups excluding tert-OH is 1. The van der Waals surface area contributed by atoms with Gasteiger partial charge in [-0.1, -0.05) is 41.9 Å². The first-order valence-electron chi connectivity index (χ1n) is 6.18. The van der Waals surface area contributed by atoms with Gasteiger partial charge in [-0.25, -0.2) is 4.79 Å². The summed E-state index contributed by atoms with van der Waals surface area (Å²) in [7, 11) is 0. The minimum atomic E-state index is -0.729. The van der Waals surface area contributed by atoms with Gasteiger partial charge in [-0.2, -0.15) is 0 Å². The molecule has 5 heteroatoms. The van der Waals surface area contributed by atoms with Crippen LogP contribution in [0.25, 0.3) is 0 Å². The molecule has 2 rings (SSSR count). The van der Waals surface area contributed by atoms with Crippen molar-refractivity contribution in [2.45, 2.75) is 6.10 Å². The Hall–Kier alpha value is -2.04. The zero-order valence-electron chi connectivity index (χ0n) is 10.7. The Kier molecular flexibility index (Phi) is 4.98. The zero-order chi connectivity index (χ0) is 14.4. The van der Waals surface area contributed by atoms with Crippen molar-refractivity contribution in [2.75, 3.05) is 11.9 Å². The number of amides is 2. The van der Waals surface area contributed by atoms with Crippen LogP contribution in [0.15, 0.2) is 54.6 Å². The van der Waals surface area contributed by atoms with Gasteiger partial charge in [0.1, 0.15) is 0 Å². The molecule has 3 N–H and O–H groups in total. The molecular weight excluding hydrogens is 276 g/mol. The lowest BCUT2D eigenvalue weighted by atomic mass is 10.1. The highest BCUT2D eigenvalue weighted by Gasteiger charge is 2.08. The summed E-state index contributed by atoms with van der Waals surface area (Å²) in [5.74, 6) is 0. The molecule has 2 aromatic carbocycles. The lowest BCUT2D eigenvalue weighted by molar-refractivity contribution is 0.175. The summed E-state index contributed by atoms with van der Waals surface area (Å²) >= 11 is 5.76. The van der Waals surface area contributed by atoms with Crippen LogP contribution in [0.4, 0.5) is 10.5 Å². The Bertz CT molecular complexity index is 558. The maximum atomic E-state index is 11.7. The van der Waals surface area contributed by atoms with Crippen molar-refractivity contribution < 1.29 is 9.90 Å². The summed E-state index contributed by atoms with van der Waals surface area (Å²) in [4.78, 5) is 11.7. The quantitative estimate of drug-likeness (QED) is 0.810. The van der Waals surface area contributed by atoms with Crippen molar-refractivity contribution in [3.05, 3.63) is 65.2 Å². The molecule has 0 bridgehead atoms. The molecule has 0 saturated carbocycles. The molecule has 0 aromatic heterocycles. The molecule has 1 unspecified atom stereocenters. The molecule has 0 heterocycles. The highest BCUT2D eigenvalue weighted by atomic mass is 35.5. The fourth-order valence-electron chi connectivity index (χ4n) is 1.69. The molecule has 0 radical (unpaired) electrons. The SMILES string of the molecule is O=C(NCC(O)c1ccccc1)Nc1ccc(Cl)cc1. The van der Waals surface area contributed by atoms with E-state index in [1.54, 1.807) is 24.3 Å². The van der Waals surface area contributed by atoms with Crippen LogP contribution in [-0.2, 0) is 0 Å². The van der Waals surface area contributed by atoms with Crippen molar-refractivity contribution in [2.24, 2.45) is 0 Å².